The second-order valence-corrected chi connectivity index (χ2v) is 4.21. The van der Waals surface area contributed by atoms with Gasteiger partial charge in [-0.15, -0.1) is 0 Å². The summed E-state index contributed by atoms with van der Waals surface area (Å²) in [5.41, 5.74) is 2.39. The summed E-state index contributed by atoms with van der Waals surface area (Å²) in [4.78, 5) is 27.2. The Kier molecular flexibility index (Phi) is 14.3. The number of rotatable bonds is 14. The van der Waals surface area contributed by atoms with E-state index >= 15 is 0 Å². The number of nitrogens with one attached hydrogen (secondary N) is 3. The molecule has 0 aliphatic heterocycles. The van der Waals surface area contributed by atoms with Crippen molar-refractivity contribution in [1.82, 2.24) is 16.1 Å². The zero-order valence-electron chi connectivity index (χ0n) is 12.9. The molecule has 3 N–H and O–H groups in total. The molecule has 21 heavy (non-hydrogen) atoms. The monoisotopic (exact) mass is 305 g/mol. The van der Waals surface area contributed by atoms with E-state index in [9.17, 15) is 9.59 Å². The van der Waals surface area contributed by atoms with Gasteiger partial charge in [-0.1, -0.05) is 13.3 Å². The number of hydrogen-bond donors (Lipinski definition) is 3. The number of hydrogen-bond acceptors (Lipinski definition) is 6. The summed E-state index contributed by atoms with van der Waals surface area (Å²) in [5, 5.41) is 5.22. The average Bonchev–Trinajstić information content (AvgIpc) is 2.48. The van der Waals surface area contributed by atoms with Crippen molar-refractivity contribution in [2.75, 3.05) is 53.2 Å². The Bertz CT molecular complexity index is 277. The van der Waals surface area contributed by atoms with E-state index in [1.165, 1.54) is 0 Å². The molecular weight excluding hydrogens is 278 g/mol. The molecule has 0 aliphatic carbocycles. The van der Waals surface area contributed by atoms with Crippen molar-refractivity contribution in [3.8, 4) is 0 Å². The van der Waals surface area contributed by atoms with Crippen molar-refractivity contribution in [2.24, 2.45) is 0 Å². The highest BCUT2D eigenvalue weighted by atomic mass is 16.6. The lowest BCUT2D eigenvalue weighted by Crippen LogP contribution is -2.38. The average molecular weight is 305 g/mol. The summed E-state index contributed by atoms with van der Waals surface area (Å²) < 4.78 is 10.4. The molecule has 8 heteroatoms. The van der Waals surface area contributed by atoms with Gasteiger partial charge in [-0.05, 0) is 6.42 Å². The molecule has 0 spiro atoms. The lowest BCUT2D eigenvalue weighted by molar-refractivity contribution is -0.129. The first-order valence-electron chi connectivity index (χ1n) is 7.18. The number of carbonyl (C=O) groups is 2. The van der Waals surface area contributed by atoms with Crippen LogP contribution in [0.3, 0.4) is 0 Å². The Hall–Kier alpha value is -1.22. The van der Waals surface area contributed by atoms with E-state index in [1.54, 1.807) is 7.05 Å². The highest BCUT2D eigenvalue weighted by molar-refractivity contribution is 5.78. The number of carbonyl (C=O) groups excluding carboxylic acids is 2. The van der Waals surface area contributed by atoms with Gasteiger partial charge in [0.25, 0.3) is 0 Å². The molecule has 0 unspecified atom stereocenters. The lowest BCUT2D eigenvalue weighted by Gasteiger charge is -2.08. The molecule has 8 nitrogen and oxygen atoms in total. The topological polar surface area (TPSA) is 97.9 Å². The normalized spacial score (nSPS) is 10.4. The van der Waals surface area contributed by atoms with Gasteiger partial charge in [-0.3, -0.25) is 14.4 Å². The molecule has 0 bridgehead atoms. The fourth-order valence-electron chi connectivity index (χ4n) is 1.27. The van der Waals surface area contributed by atoms with Crippen LogP contribution in [0.15, 0.2) is 0 Å². The molecule has 0 aliphatic rings. The van der Waals surface area contributed by atoms with Gasteiger partial charge in [-0.2, -0.15) is 0 Å². The van der Waals surface area contributed by atoms with Crippen LogP contribution >= 0.6 is 0 Å². The van der Waals surface area contributed by atoms with Crippen molar-refractivity contribution in [3.05, 3.63) is 0 Å². The van der Waals surface area contributed by atoms with Crippen molar-refractivity contribution in [3.63, 3.8) is 0 Å². The van der Waals surface area contributed by atoms with Crippen molar-refractivity contribution < 1.29 is 23.9 Å². The largest absolute Gasteiger partial charge is 0.379 e. The molecule has 0 radical (unpaired) electrons. The van der Waals surface area contributed by atoms with E-state index < -0.39 is 0 Å². The SMILES string of the molecule is CCCCOCCOCC(=O)NCCNC(=O)CONC. The van der Waals surface area contributed by atoms with Gasteiger partial charge in [0, 0.05) is 26.7 Å². The Morgan fingerprint density at radius 2 is 1.52 bits per heavy atom. The molecule has 0 heterocycles. The van der Waals surface area contributed by atoms with E-state index in [2.05, 4.69) is 23.0 Å². The zero-order chi connectivity index (χ0) is 15.8. The summed E-state index contributed by atoms with van der Waals surface area (Å²) in [7, 11) is 1.57. The van der Waals surface area contributed by atoms with Crippen LogP contribution < -0.4 is 16.1 Å². The lowest BCUT2D eigenvalue weighted by atomic mass is 10.4. The molecule has 0 aromatic carbocycles. The maximum atomic E-state index is 11.4. The van der Waals surface area contributed by atoms with E-state index in [0.29, 0.717) is 26.3 Å². The molecule has 2 amide bonds. The van der Waals surface area contributed by atoms with Crippen molar-refractivity contribution >= 4 is 11.8 Å². The third-order valence-corrected chi connectivity index (χ3v) is 2.36. The highest BCUT2D eigenvalue weighted by Gasteiger charge is 2.02. The van der Waals surface area contributed by atoms with Gasteiger partial charge in [0.15, 0.2) is 0 Å². The molecule has 0 rings (SSSR count). The van der Waals surface area contributed by atoms with Gasteiger partial charge in [0.2, 0.25) is 11.8 Å². The summed E-state index contributed by atoms with van der Waals surface area (Å²) in [5.74, 6) is -0.469. The minimum absolute atomic E-state index is 0.00600. The molecule has 0 aromatic rings. The minimum Gasteiger partial charge on any atom is -0.379 e. The first kappa shape index (κ1) is 19.8. The minimum atomic E-state index is -0.251. The predicted molar refractivity (Wildman–Crippen MR) is 77.6 cm³/mol. The van der Waals surface area contributed by atoms with Crippen LogP contribution in [-0.4, -0.2) is 65.0 Å². The maximum Gasteiger partial charge on any atom is 0.248 e. The number of amides is 2. The third-order valence-electron chi connectivity index (χ3n) is 2.36. The van der Waals surface area contributed by atoms with Crippen LogP contribution in [0, 0.1) is 0 Å². The van der Waals surface area contributed by atoms with E-state index in [4.69, 9.17) is 14.3 Å². The van der Waals surface area contributed by atoms with Gasteiger partial charge in [0.1, 0.15) is 13.2 Å². The second-order valence-electron chi connectivity index (χ2n) is 4.21. The summed E-state index contributed by atoms with van der Waals surface area (Å²) in [6, 6.07) is 0. The standard InChI is InChI=1S/C13H27N3O5/c1-3-4-7-19-8-9-20-10-12(17)15-5-6-16-13(18)11-21-14-2/h14H,3-11H2,1-2H3,(H,15,17)(H,16,18). The summed E-state index contributed by atoms with van der Waals surface area (Å²) >= 11 is 0. The quantitative estimate of drug-likeness (QED) is 0.287. The Morgan fingerprint density at radius 3 is 2.14 bits per heavy atom. The van der Waals surface area contributed by atoms with E-state index in [1.807, 2.05) is 0 Å². The fraction of sp³-hybridized carbons (Fsp3) is 0.846. The first-order valence-corrected chi connectivity index (χ1v) is 7.18. The second kappa shape index (κ2) is 15.2. The summed E-state index contributed by atoms with van der Waals surface area (Å²) in [6.45, 7) is 4.34. The molecule has 0 saturated heterocycles. The first-order chi connectivity index (χ1) is 10.2. The van der Waals surface area contributed by atoms with Gasteiger partial charge < -0.3 is 20.1 Å². The van der Waals surface area contributed by atoms with Gasteiger partial charge in [-0.25, -0.2) is 5.48 Å². The fourth-order valence-corrected chi connectivity index (χ4v) is 1.27. The van der Waals surface area contributed by atoms with Gasteiger partial charge >= 0.3 is 0 Å². The summed E-state index contributed by atoms with van der Waals surface area (Å²) in [6.07, 6.45) is 2.13. The predicted octanol–water partition coefficient (Wildman–Crippen LogP) is -0.797. The molecular formula is C13H27N3O5. The highest BCUT2D eigenvalue weighted by Crippen LogP contribution is 1.87. The number of unbranched alkanes of at least 4 members (excludes halogenated alkanes) is 1. The molecule has 0 fully saturated rings. The Labute approximate surface area is 125 Å². The number of hydroxylamine groups is 1. The van der Waals surface area contributed by atoms with Crippen molar-refractivity contribution in [1.29, 1.82) is 0 Å². The van der Waals surface area contributed by atoms with E-state index in [0.717, 1.165) is 19.4 Å². The molecule has 0 saturated carbocycles. The number of ether oxygens (including phenoxy) is 2. The van der Waals surface area contributed by atoms with Crippen LogP contribution in [0.25, 0.3) is 0 Å². The maximum absolute atomic E-state index is 11.4. The zero-order valence-corrected chi connectivity index (χ0v) is 12.9. The van der Waals surface area contributed by atoms with Crippen LogP contribution in [-0.2, 0) is 23.9 Å². The van der Waals surface area contributed by atoms with E-state index in [-0.39, 0.29) is 25.0 Å². The molecule has 0 aromatic heterocycles. The molecule has 124 valence electrons. The van der Waals surface area contributed by atoms with Crippen LogP contribution in [0.1, 0.15) is 19.8 Å². The third kappa shape index (κ3) is 15.0. The van der Waals surface area contributed by atoms with Crippen LogP contribution in [0.5, 0.6) is 0 Å². The Balaban J connectivity index is 3.29. The Morgan fingerprint density at radius 1 is 0.905 bits per heavy atom. The van der Waals surface area contributed by atoms with Crippen molar-refractivity contribution in [2.45, 2.75) is 19.8 Å². The molecule has 0 atom stereocenters. The van der Waals surface area contributed by atoms with Gasteiger partial charge in [0.05, 0.1) is 13.2 Å². The van der Waals surface area contributed by atoms with Crippen LogP contribution in [0.4, 0.5) is 0 Å². The smallest absolute Gasteiger partial charge is 0.248 e. The van der Waals surface area contributed by atoms with Crippen LogP contribution in [0.2, 0.25) is 0 Å².